The Balaban J connectivity index is 1.38. The SMILES string of the molecule is O=C(CCc1ccc(O)c(O)c1)NC1CCN(Cc2ccccc2)CC1. The number of nitrogens with zero attached hydrogens (tertiary/aromatic N) is 1. The molecule has 0 aliphatic carbocycles. The number of amides is 1. The minimum absolute atomic E-state index is 0.0408. The van der Waals surface area contributed by atoms with E-state index in [4.69, 9.17) is 0 Å². The lowest BCUT2D eigenvalue weighted by atomic mass is 10.0. The van der Waals surface area contributed by atoms with E-state index in [1.54, 1.807) is 6.07 Å². The molecule has 0 unspecified atom stereocenters. The number of carbonyl (C=O) groups is 1. The molecule has 2 aromatic carbocycles. The summed E-state index contributed by atoms with van der Waals surface area (Å²) in [7, 11) is 0. The summed E-state index contributed by atoms with van der Waals surface area (Å²) in [4.78, 5) is 14.6. The smallest absolute Gasteiger partial charge is 0.220 e. The zero-order valence-corrected chi connectivity index (χ0v) is 14.9. The molecule has 1 heterocycles. The number of rotatable bonds is 6. The Morgan fingerprint density at radius 1 is 1.00 bits per heavy atom. The second kappa shape index (κ2) is 8.72. The number of phenols is 2. The van der Waals surface area contributed by atoms with E-state index in [1.165, 1.54) is 17.7 Å². The van der Waals surface area contributed by atoms with Crippen molar-refractivity contribution in [1.29, 1.82) is 0 Å². The van der Waals surface area contributed by atoms with E-state index in [0.29, 0.717) is 12.8 Å². The molecule has 138 valence electrons. The summed E-state index contributed by atoms with van der Waals surface area (Å²) in [5, 5.41) is 21.9. The van der Waals surface area contributed by atoms with E-state index in [-0.39, 0.29) is 23.4 Å². The highest BCUT2D eigenvalue weighted by Gasteiger charge is 2.20. The highest BCUT2D eigenvalue weighted by molar-refractivity contribution is 5.76. The van der Waals surface area contributed by atoms with E-state index in [0.717, 1.165) is 38.0 Å². The summed E-state index contributed by atoms with van der Waals surface area (Å²) in [6, 6.07) is 15.4. The van der Waals surface area contributed by atoms with Crippen LogP contribution in [0.4, 0.5) is 0 Å². The molecular weight excluding hydrogens is 328 g/mol. The topological polar surface area (TPSA) is 72.8 Å². The largest absolute Gasteiger partial charge is 0.504 e. The molecule has 5 heteroatoms. The molecule has 1 saturated heterocycles. The van der Waals surface area contributed by atoms with Crippen LogP contribution in [0.5, 0.6) is 11.5 Å². The average Bonchev–Trinajstić information content (AvgIpc) is 2.65. The van der Waals surface area contributed by atoms with Crippen LogP contribution < -0.4 is 5.32 Å². The fourth-order valence-corrected chi connectivity index (χ4v) is 3.36. The van der Waals surface area contributed by atoms with Gasteiger partial charge in [0, 0.05) is 32.1 Å². The summed E-state index contributed by atoms with van der Waals surface area (Å²) < 4.78 is 0. The maximum absolute atomic E-state index is 12.2. The van der Waals surface area contributed by atoms with Crippen LogP contribution in [0.25, 0.3) is 0 Å². The zero-order chi connectivity index (χ0) is 18.4. The van der Waals surface area contributed by atoms with Crippen LogP contribution in [-0.4, -0.2) is 40.2 Å². The maximum Gasteiger partial charge on any atom is 0.220 e. The number of phenolic OH excluding ortho intramolecular Hbond substituents is 2. The summed E-state index contributed by atoms with van der Waals surface area (Å²) in [6.45, 7) is 2.95. The first-order valence-electron chi connectivity index (χ1n) is 9.16. The standard InChI is InChI=1S/C21H26N2O3/c24-19-8-6-16(14-20(19)25)7-9-21(26)22-18-10-12-23(13-11-18)15-17-4-2-1-3-5-17/h1-6,8,14,18,24-25H,7,9-13,15H2,(H,22,26). The summed E-state index contributed by atoms with van der Waals surface area (Å²) in [6.07, 6.45) is 2.87. The molecule has 5 nitrogen and oxygen atoms in total. The van der Waals surface area contributed by atoms with Crippen LogP contribution in [0.1, 0.15) is 30.4 Å². The molecule has 1 amide bonds. The molecule has 3 N–H and O–H groups in total. The Labute approximate surface area is 154 Å². The van der Waals surface area contributed by atoms with Gasteiger partial charge in [0.1, 0.15) is 0 Å². The first-order valence-corrected chi connectivity index (χ1v) is 9.16. The average molecular weight is 354 g/mol. The van der Waals surface area contributed by atoms with Crippen LogP contribution in [0.2, 0.25) is 0 Å². The molecule has 2 aromatic rings. The van der Waals surface area contributed by atoms with Crippen LogP contribution in [0, 0.1) is 0 Å². The van der Waals surface area contributed by atoms with E-state index >= 15 is 0 Å². The van der Waals surface area contributed by atoms with Crippen molar-refractivity contribution in [1.82, 2.24) is 10.2 Å². The molecule has 1 fully saturated rings. The van der Waals surface area contributed by atoms with E-state index < -0.39 is 0 Å². The molecule has 26 heavy (non-hydrogen) atoms. The number of benzene rings is 2. The highest BCUT2D eigenvalue weighted by atomic mass is 16.3. The van der Waals surface area contributed by atoms with Crippen LogP contribution in [0.3, 0.4) is 0 Å². The van der Waals surface area contributed by atoms with Crippen molar-refractivity contribution in [3.8, 4) is 11.5 Å². The lowest BCUT2D eigenvalue weighted by Gasteiger charge is -2.32. The minimum Gasteiger partial charge on any atom is -0.504 e. The van der Waals surface area contributed by atoms with Crippen LogP contribution in [0.15, 0.2) is 48.5 Å². The number of aryl methyl sites for hydroxylation is 1. The Bertz CT molecular complexity index is 725. The van der Waals surface area contributed by atoms with Gasteiger partial charge >= 0.3 is 0 Å². The van der Waals surface area contributed by atoms with Crippen LogP contribution >= 0.6 is 0 Å². The summed E-state index contributed by atoms with van der Waals surface area (Å²) >= 11 is 0. The van der Waals surface area contributed by atoms with Crippen molar-refractivity contribution >= 4 is 5.91 Å². The number of aromatic hydroxyl groups is 2. The first-order chi connectivity index (χ1) is 12.6. The maximum atomic E-state index is 12.2. The predicted molar refractivity (Wildman–Crippen MR) is 101 cm³/mol. The quantitative estimate of drug-likeness (QED) is 0.698. The van der Waals surface area contributed by atoms with E-state index in [1.807, 2.05) is 6.07 Å². The van der Waals surface area contributed by atoms with Gasteiger partial charge in [-0.3, -0.25) is 9.69 Å². The van der Waals surface area contributed by atoms with Gasteiger partial charge in [-0.05, 0) is 42.5 Å². The van der Waals surface area contributed by atoms with Crippen molar-refractivity contribution in [3.63, 3.8) is 0 Å². The Morgan fingerprint density at radius 3 is 2.42 bits per heavy atom. The van der Waals surface area contributed by atoms with Crippen molar-refractivity contribution < 1.29 is 15.0 Å². The van der Waals surface area contributed by atoms with Gasteiger partial charge in [-0.15, -0.1) is 0 Å². The van der Waals surface area contributed by atoms with Gasteiger partial charge in [0.15, 0.2) is 11.5 Å². The Kier molecular flexibility index (Phi) is 6.12. The molecule has 0 atom stereocenters. The molecular formula is C21H26N2O3. The summed E-state index contributed by atoms with van der Waals surface area (Å²) in [5.41, 5.74) is 2.17. The molecule has 0 bridgehead atoms. The fraction of sp³-hybridized carbons (Fsp3) is 0.381. The Hall–Kier alpha value is -2.53. The third kappa shape index (κ3) is 5.23. The van der Waals surface area contributed by atoms with Gasteiger partial charge in [0.05, 0.1) is 0 Å². The third-order valence-corrected chi connectivity index (χ3v) is 4.88. The normalized spacial score (nSPS) is 15.7. The van der Waals surface area contributed by atoms with E-state index in [9.17, 15) is 15.0 Å². The molecule has 3 rings (SSSR count). The molecule has 0 spiro atoms. The number of piperidine rings is 1. The second-order valence-electron chi connectivity index (χ2n) is 6.93. The predicted octanol–water partition coefficient (Wildman–Crippen LogP) is 2.81. The van der Waals surface area contributed by atoms with Gasteiger partial charge in [-0.25, -0.2) is 0 Å². The molecule has 0 radical (unpaired) electrons. The van der Waals surface area contributed by atoms with Gasteiger partial charge in [-0.2, -0.15) is 0 Å². The highest BCUT2D eigenvalue weighted by Crippen LogP contribution is 2.25. The Morgan fingerprint density at radius 2 is 1.73 bits per heavy atom. The second-order valence-corrected chi connectivity index (χ2v) is 6.93. The van der Waals surface area contributed by atoms with Gasteiger partial charge < -0.3 is 15.5 Å². The van der Waals surface area contributed by atoms with Gasteiger partial charge in [-0.1, -0.05) is 36.4 Å². The molecule has 0 aromatic heterocycles. The number of carbonyl (C=O) groups excluding carboxylic acids is 1. The number of hydrogen-bond acceptors (Lipinski definition) is 4. The third-order valence-electron chi connectivity index (χ3n) is 4.88. The summed E-state index contributed by atoms with van der Waals surface area (Å²) in [5.74, 6) is -0.242. The van der Waals surface area contributed by atoms with Crippen molar-refractivity contribution in [2.45, 2.75) is 38.3 Å². The number of hydrogen-bond donors (Lipinski definition) is 3. The minimum atomic E-state index is -0.145. The lowest BCUT2D eigenvalue weighted by Crippen LogP contribution is -2.44. The van der Waals surface area contributed by atoms with Crippen LogP contribution in [-0.2, 0) is 17.8 Å². The number of nitrogens with one attached hydrogen (secondary N) is 1. The van der Waals surface area contributed by atoms with Crippen molar-refractivity contribution in [3.05, 3.63) is 59.7 Å². The first kappa shape index (κ1) is 18.3. The lowest BCUT2D eigenvalue weighted by molar-refractivity contribution is -0.122. The van der Waals surface area contributed by atoms with Crippen molar-refractivity contribution in [2.75, 3.05) is 13.1 Å². The monoisotopic (exact) mass is 354 g/mol. The fourth-order valence-electron chi connectivity index (χ4n) is 3.36. The van der Waals surface area contributed by atoms with Crippen molar-refractivity contribution in [2.24, 2.45) is 0 Å². The number of likely N-dealkylation sites (tertiary alicyclic amines) is 1. The van der Waals surface area contributed by atoms with Gasteiger partial charge in [0.25, 0.3) is 0 Å². The molecule has 1 aliphatic rings. The van der Waals surface area contributed by atoms with E-state index in [2.05, 4.69) is 34.5 Å². The molecule has 0 saturated carbocycles. The molecule has 1 aliphatic heterocycles. The van der Waals surface area contributed by atoms with Gasteiger partial charge in [0.2, 0.25) is 5.91 Å². The zero-order valence-electron chi connectivity index (χ0n) is 14.9.